The van der Waals surface area contributed by atoms with E-state index in [2.05, 4.69) is 17.6 Å². The molecule has 39 heavy (non-hydrogen) atoms. The molecule has 7 nitrogen and oxygen atoms in total. The highest BCUT2D eigenvalue weighted by Gasteiger charge is 2.49. The van der Waals surface area contributed by atoms with Crippen molar-refractivity contribution >= 4 is 23.3 Å². The summed E-state index contributed by atoms with van der Waals surface area (Å²) in [5.41, 5.74) is 0.129. The summed E-state index contributed by atoms with van der Waals surface area (Å²) in [6.07, 6.45) is -6.79. The number of rotatable bonds is 4. The quantitative estimate of drug-likeness (QED) is 0.349. The first-order valence-corrected chi connectivity index (χ1v) is 12.1. The highest BCUT2D eigenvalue weighted by atomic mass is 19.4. The van der Waals surface area contributed by atoms with Crippen LogP contribution in [0.1, 0.15) is 47.7 Å². The van der Waals surface area contributed by atoms with Gasteiger partial charge in [0, 0.05) is 50.0 Å². The van der Waals surface area contributed by atoms with Gasteiger partial charge < -0.3 is 15.7 Å². The fourth-order valence-corrected chi connectivity index (χ4v) is 5.29. The summed E-state index contributed by atoms with van der Waals surface area (Å²) in [5.74, 6) is -3.40. The molecule has 0 saturated carbocycles. The van der Waals surface area contributed by atoms with Crippen molar-refractivity contribution in [1.82, 2.24) is 9.80 Å². The lowest BCUT2D eigenvalue weighted by Crippen LogP contribution is -2.59. The maximum atomic E-state index is 14.1. The summed E-state index contributed by atoms with van der Waals surface area (Å²) in [7, 11) is 0. The molecule has 2 aliphatic rings. The van der Waals surface area contributed by atoms with Gasteiger partial charge in [-0.2, -0.15) is 31.6 Å². The molecule has 2 aromatic rings. The van der Waals surface area contributed by atoms with E-state index in [1.54, 1.807) is 6.07 Å². The number of carbonyl (C=O) groups excluding carboxylic acids is 1. The van der Waals surface area contributed by atoms with Crippen molar-refractivity contribution in [3.63, 3.8) is 0 Å². The molecular weight excluding hydrogens is 530 g/mol. The standard InChI is InChI=1S/C24H25F3N4O.C2HF3O2/c1-16-3-2-12-31(16,20-10-11-29-15-20)19-8-9-22(21(13-19)24(25,26)27)30-23(32)18-6-4-17(14-28)5-7-18;3-2(4,5)1(6)7/h4-9,13,16,20,29H,2-3,10-12,15H2,1H3;(H,6,7)/p+1. The molecule has 2 aliphatic heterocycles. The lowest BCUT2D eigenvalue weighted by atomic mass is 10.0. The van der Waals surface area contributed by atoms with Crippen molar-refractivity contribution in [1.29, 1.82) is 5.26 Å². The molecule has 1 amide bonds. The largest absolute Gasteiger partial charge is 0.490 e. The van der Waals surface area contributed by atoms with Gasteiger partial charge in [0.2, 0.25) is 0 Å². The number of anilines is 1. The van der Waals surface area contributed by atoms with E-state index < -0.39 is 29.8 Å². The molecule has 0 aromatic heterocycles. The number of carboxylic acid groups (broad SMARTS) is 1. The number of amides is 1. The molecule has 2 fully saturated rings. The minimum absolute atomic E-state index is 0.190. The molecule has 2 aromatic carbocycles. The van der Waals surface area contributed by atoms with Gasteiger partial charge in [0.25, 0.3) is 5.91 Å². The van der Waals surface area contributed by atoms with Gasteiger partial charge >= 0.3 is 18.3 Å². The second kappa shape index (κ2) is 11.6. The van der Waals surface area contributed by atoms with E-state index in [4.69, 9.17) is 15.2 Å². The van der Waals surface area contributed by atoms with Crippen LogP contribution in [0.4, 0.5) is 37.7 Å². The second-order valence-corrected chi connectivity index (χ2v) is 9.47. The first kappa shape index (κ1) is 29.9. The number of likely N-dealkylation sites (tertiary alicyclic amines) is 1. The number of hydrogen-bond acceptors (Lipinski definition) is 4. The highest BCUT2D eigenvalue weighted by molar-refractivity contribution is 6.04. The van der Waals surface area contributed by atoms with Gasteiger partial charge in [0.15, 0.2) is 0 Å². The molecule has 3 atom stereocenters. The summed E-state index contributed by atoms with van der Waals surface area (Å²) in [6.45, 7) is 4.62. The lowest BCUT2D eigenvalue weighted by Gasteiger charge is -2.43. The van der Waals surface area contributed by atoms with Gasteiger partial charge in [-0.1, -0.05) is 0 Å². The molecule has 0 spiro atoms. The Bertz CT molecular complexity index is 1230. The van der Waals surface area contributed by atoms with Gasteiger partial charge in [-0.05, 0) is 37.3 Å². The Hall–Kier alpha value is -3.63. The average Bonchev–Trinajstić information content (AvgIpc) is 3.54. The van der Waals surface area contributed by atoms with Crippen molar-refractivity contribution < 1.29 is 41.0 Å². The summed E-state index contributed by atoms with van der Waals surface area (Å²) in [5, 5.41) is 21.8. The number of alkyl halides is 6. The van der Waals surface area contributed by atoms with Crippen molar-refractivity contribution in [2.45, 2.75) is 50.6 Å². The van der Waals surface area contributed by atoms with Crippen LogP contribution in [-0.2, 0) is 11.0 Å². The van der Waals surface area contributed by atoms with E-state index in [9.17, 15) is 31.1 Å². The number of quaternary nitrogens is 1. The minimum atomic E-state index is -5.08. The maximum Gasteiger partial charge on any atom is 0.490 e. The van der Waals surface area contributed by atoms with Crippen LogP contribution in [0.2, 0.25) is 0 Å². The first-order valence-electron chi connectivity index (χ1n) is 12.1. The molecule has 2 heterocycles. The van der Waals surface area contributed by atoms with Crippen LogP contribution in [0.25, 0.3) is 0 Å². The van der Waals surface area contributed by atoms with E-state index in [1.807, 2.05) is 6.07 Å². The van der Waals surface area contributed by atoms with Crippen LogP contribution >= 0.6 is 0 Å². The predicted molar refractivity (Wildman–Crippen MR) is 131 cm³/mol. The average molecular weight is 558 g/mol. The number of carboxylic acids is 1. The van der Waals surface area contributed by atoms with Gasteiger partial charge in [-0.15, -0.1) is 0 Å². The topological polar surface area (TPSA) is 102 Å². The molecule has 3 unspecified atom stereocenters. The van der Waals surface area contributed by atoms with E-state index in [0.29, 0.717) is 15.7 Å². The van der Waals surface area contributed by atoms with Gasteiger partial charge in [0.05, 0.1) is 35.5 Å². The van der Waals surface area contributed by atoms with E-state index in [-0.39, 0.29) is 23.3 Å². The van der Waals surface area contributed by atoms with Crippen LogP contribution < -0.4 is 15.1 Å². The van der Waals surface area contributed by atoms with Crippen LogP contribution in [0, 0.1) is 11.3 Å². The van der Waals surface area contributed by atoms with Gasteiger partial charge in [0.1, 0.15) is 11.7 Å². The number of halogens is 6. The van der Waals surface area contributed by atoms with Crippen molar-refractivity contribution in [3.8, 4) is 6.07 Å². The third kappa shape index (κ3) is 6.69. The summed E-state index contributed by atoms with van der Waals surface area (Å²) in [4.78, 5) is 21.5. The third-order valence-corrected chi connectivity index (χ3v) is 7.18. The Balaban J connectivity index is 0.000000532. The number of hydrogen-bond donors (Lipinski definition) is 3. The van der Waals surface area contributed by atoms with Crippen molar-refractivity contribution in [2.24, 2.45) is 0 Å². The molecule has 2 saturated heterocycles. The molecule has 13 heteroatoms. The van der Waals surface area contributed by atoms with Gasteiger partial charge in [-0.3, -0.25) is 9.28 Å². The van der Waals surface area contributed by atoms with Crippen molar-refractivity contribution in [2.75, 3.05) is 25.0 Å². The number of benzene rings is 2. The fraction of sp³-hybridized carbons (Fsp3) is 0.423. The summed E-state index contributed by atoms with van der Waals surface area (Å²) in [6, 6.07) is 12.5. The molecule has 0 radical (unpaired) electrons. The zero-order valence-electron chi connectivity index (χ0n) is 20.9. The maximum absolute atomic E-state index is 14.1. The predicted octanol–water partition coefficient (Wildman–Crippen LogP) is 5.31. The molecular formula is C26H27F6N4O3+. The summed E-state index contributed by atoms with van der Waals surface area (Å²) >= 11 is 0. The number of nitrogens with zero attached hydrogens (tertiary/aromatic N) is 2. The number of nitrogens with one attached hydrogen (secondary N) is 2. The van der Waals surface area contributed by atoms with Crippen LogP contribution in [0.5, 0.6) is 0 Å². The Labute approximate surface area is 220 Å². The van der Waals surface area contributed by atoms with E-state index in [1.165, 1.54) is 36.4 Å². The number of carbonyl (C=O) groups is 2. The molecule has 4 rings (SSSR count). The van der Waals surface area contributed by atoms with Crippen LogP contribution in [-0.4, -0.2) is 54.9 Å². The normalized spacial score (nSPS) is 22.9. The number of aliphatic carboxylic acids is 1. The Kier molecular flexibility index (Phi) is 8.92. The van der Waals surface area contributed by atoms with E-state index in [0.717, 1.165) is 38.9 Å². The fourth-order valence-electron chi connectivity index (χ4n) is 5.29. The molecule has 0 bridgehead atoms. The zero-order chi connectivity index (χ0) is 29.0. The van der Waals surface area contributed by atoms with E-state index >= 15 is 0 Å². The Morgan fingerprint density at radius 2 is 1.72 bits per heavy atom. The Morgan fingerprint density at radius 3 is 2.18 bits per heavy atom. The highest BCUT2D eigenvalue weighted by Crippen LogP contribution is 2.44. The third-order valence-electron chi connectivity index (χ3n) is 7.18. The minimum Gasteiger partial charge on any atom is -0.475 e. The van der Waals surface area contributed by atoms with Crippen LogP contribution in [0.3, 0.4) is 0 Å². The number of nitriles is 1. The molecule has 0 aliphatic carbocycles. The van der Waals surface area contributed by atoms with Gasteiger partial charge in [-0.25, -0.2) is 4.79 Å². The molecule has 3 N–H and O–H groups in total. The SMILES string of the molecule is CC1CCC[N+]1(c1ccc(NC(=O)c2ccc(C#N)cc2)c(C(F)(F)F)c1)C1CCNC1.O=C(O)C(F)(F)F. The Morgan fingerprint density at radius 1 is 1.08 bits per heavy atom. The second-order valence-electron chi connectivity index (χ2n) is 9.47. The molecule has 210 valence electrons. The zero-order valence-corrected chi connectivity index (χ0v) is 20.9. The smallest absolute Gasteiger partial charge is 0.475 e. The summed E-state index contributed by atoms with van der Waals surface area (Å²) < 4.78 is 74.5. The van der Waals surface area contributed by atoms with Crippen molar-refractivity contribution in [3.05, 3.63) is 59.2 Å². The first-order chi connectivity index (χ1) is 18.2. The lowest BCUT2D eigenvalue weighted by molar-refractivity contribution is -0.192. The monoisotopic (exact) mass is 557 g/mol. The van der Waals surface area contributed by atoms with Crippen LogP contribution in [0.15, 0.2) is 42.5 Å².